The fraction of sp³-hybridized carbons (Fsp3) is 0.400. The summed E-state index contributed by atoms with van der Waals surface area (Å²) in [7, 11) is -3.77. The Morgan fingerprint density at radius 3 is 2.50 bits per heavy atom. The van der Waals surface area contributed by atoms with Crippen molar-refractivity contribution in [3.63, 3.8) is 0 Å². The van der Waals surface area contributed by atoms with Crippen molar-refractivity contribution in [1.29, 1.82) is 0 Å². The van der Waals surface area contributed by atoms with E-state index in [1.54, 1.807) is 0 Å². The first-order chi connectivity index (χ1) is 8.16. The summed E-state index contributed by atoms with van der Waals surface area (Å²) in [5.41, 5.74) is 4.16. The van der Waals surface area contributed by atoms with Gasteiger partial charge >= 0.3 is 6.18 Å². The Balaban J connectivity index is 3.00. The molecule has 0 fully saturated rings. The first-order valence-electron chi connectivity index (χ1n) is 5.06. The minimum atomic E-state index is -4.51. The van der Waals surface area contributed by atoms with Crippen LogP contribution in [0.15, 0.2) is 24.3 Å². The van der Waals surface area contributed by atoms with Crippen LogP contribution in [0, 0.1) is 0 Å². The molecule has 8 heteroatoms. The zero-order chi connectivity index (χ0) is 14.0. The normalized spacial score (nSPS) is 14.3. The molecular formula is C10H13F3N2O2S. The molecule has 1 unspecified atom stereocenters. The zero-order valence-corrected chi connectivity index (χ0v) is 10.3. The highest BCUT2D eigenvalue weighted by Crippen LogP contribution is 2.30. The van der Waals surface area contributed by atoms with Crippen LogP contribution in [-0.4, -0.2) is 20.2 Å². The molecule has 1 aromatic rings. The van der Waals surface area contributed by atoms with E-state index in [1.165, 1.54) is 13.0 Å². The van der Waals surface area contributed by atoms with Crippen LogP contribution in [0.25, 0.3) is 0 Å². The lowest BCUT2D eigenvalue weighted by Gasteiger charge is -2.14. The maximum Gasteiger partial charge on any atom is 0.416 e. The van der Waals surface area contributed by atoms with Gasteiger partial charge in [-0.05, 0) is 25.1 Å². The molecule has 0 radical (unpaired) electrons. The van der Waals surface area contributed by atoms with Gasteiger partial charge in [-0.2, -0.15) is 13.2 Å². The Labute approximate surface area is 103 Å². The Kier molecular flexibility index (Phi) is 4.23. The Morgan fingerprint density at radius 2 is 2.00 bits per heavy atom. The van der Waals surface area contributed by atoms with Crippen LogP contribution in [0.2, 0.25) is 0 Å². The highest BCUT2D eigenvalue weighted by Gasteiger charge is 2.30. The minimum absolute atomic E-state index is 0.117. The molecule has 0 saturated carbocycles. The molecule has 0 bridgehead atoms. The van der Waals surface area contributed by atoms with Gasteiger partial charge in [0.2, 0.25) is 10.0 Å². The van der Waals surface area contributed by atoms with E-state index in [9.17, 15) is 21.6 Å². The first kappa shape index (κ1) is 14.8. The zero-order valence-electron chi connectivity index (χ0n) is 9.53. The van der Waals surface area contributed by atoms with Gasteiger partial charge in [-0.1, -0.05) is 6.07 Å². The standard InChI is InChI=1S/C10H13F3N2O2S/c1-7(6-14)18(16,17)15-9-4-2-3-8(5-9)10(11,12)13/h2-5,7,15H,6,14H2,1H3. The second-order valence-corrected chi connectivity index (χ2v) is 5.87. The number of rotatable bonds is 4. The number of nitrogens with two attached hydrogens (primary N) is 1. The number of alkyl halides is 3. The molecule has 0 aromatic heterocycles. The molecule has 3 N–H and O–H groups in total. The fourth-order valence-corrected chi connectivity index (χ4v) is 2.06. The summed E-state index contributed by atoms with van der Waals surface area (Å²) in [6, 6.07) is 3.98. The molecule has 0 heterocycles. The summed E-state index contributed by atoms with van der Waals surface area (Å²) in [6.45, 7) is 1.25. The van der Waals surface area contributed by atoms with E-state index in [-0.39, 0.29) is 12.2 Å². The van der Waals surface area contributed by atoms with Gasteiger partial charge in [-0.25, -0.2) is 8.42 Å². The summed E-state index contributed by atoms with van der Waals surface area (Å²) in [4.78, 5) is 0. The van der Waals surface area contributed by atoms with Crippen LogP contribution >= 0.6 is 0 Å². The fourth-order valence-electron chi connectivity index (χ4n) is 1.15. The molecule has 0 aliphatic carbocycles. The van der Waals surface area contributed by atoms with E-state index in [4.69, 9.17) is 5.73 Å². The number of hydrogen-bond acceptors (Lipinski definition) is 3. The van der Waals surface area contributed by atoms with E-state index in [1.807, 2.05) is 0 Å². The molecule has 0 saturated heterocycles. The molecule has 0 amide bonds. The van der Waals surface area contributed by atoms with Crippen molar-refractivity contribution in [2.75, 3.05) is 11.3 Å². The van der Waals surface area contributed by atoms with Gasteiger partial charge in [-0.3, -0.25) is 4.72 Å². The van der Waals surface area contributed by atoms with Gasteiger partial charge in [0.1, 0.15) is 0 Å². The second kappa shape index (κ2) is 5.15. The van der Waals surface area contributed by atoms with Crippen LogP contribution < -0.4 is 10.5 Å². The summed E-state index contributed by atoms with van der Waals surface area (Å²) in [5, 5.41) is -0.882. The largest absolute Gasteiger partial charge is 0.416 e. The highest BCUT2D eigenvalue weighted by molar-refractivity contribution is 7.93. The molecule has 1 rings (SSSR count). The topological polar surface area (TPSA) is 72.2 Å². The Bertz CT molecular complexity index is 514. The quantitative estimate of drug-likeness (QED) is 0.884. The molecular weight excluding hydrogens is 269 g/mol. The number of benzene rings is 1. The molecule has 1 aromatic carbocycles. The Morgan fingerprint density at radius 1 is 1.39 bits per heavy atom. The summed E-state index contributed by atoms with van der Waals surface area (Å²) in [5.74, 6) is 0. The smallest absolute Gasteiger partial charge is 0.329 e. The summed E-state index contributed by atoms with van der Waals surface area (Å²) < 4.78 is 62.6. The van der Waals surface area contributed by atoms with Crippen molar-refractivity contribution in [2.24, 2.45) is 5.73 Å². The van der Waals surface area contributed by atoms with Gasteiger partial charge < -0.3 is 5.73 Å². The third kappa shape index (κ3) is 3.61. The number of nitrogens with one attached hydrogen (secondary N) is 1. The van der Waals surface area contributed by atoms with Crippen LogP contribution in [0.5, 0.6) is 0 Å². The molecule has 0 spiro atoms. The predicted molar refractivity (Wildman–Crippen MR) is 62.5 cm³/mol. The van der Waals surface area contributed by atoms with Crippen molar-refractivity contribution >= 4 is 15.7 Å². The van der Waals surface area contributed by atoms with Crippen LogP contribution in [0.3, 0.4) is 0 Å². The molecule has 0 aliphatic heterocycles. The van der Waals surface area contributed by atoms with Gasteiger partial charge in [-0.15, -0.1) is 0 Å². The lowest BCUT2D eigenvalue weighted by Crippen LogP contribution is -2.31. The van der Waals surface area contributed by atoms with Crippen molar-refractivity contribution < 1.29 is 21.6 Å². The summed E-state index contributed by atoms with van der Waals surface area (Å²) in [6.07, 6.45) is -4.51. The average molecular weight is 282 g/mol. The Hall–Kier alpha value is -1.28. The molecule has 102 valence electrons. The lowest BCUT2D eigenvalue weighted by atomic mass is 10.2. The molecule has 4 nitrogen and oxygen atoms in total. The first-order valence-corrected chi connectivity index (χ1v) is 6.60. The van der Waals surface area contributed by atoms with Gasteiger partial charge in [0, 0.05) is 12.2 Å². The van der Waals surface area contributed by atoms with Crippen molar-refractivity contribution in [3.05, 3.63) is 29.8 Å². The molecule has 1 atom stereocenters. The minimum Gasteiger partial charge on any atom is -0.329 e. The van der Waals surface area contributed by atoms with Crippen molar-refractivity contribution in [3.8, 4) is 0 Å². The predicted octanol–water partition coefficient (Wildman–Crippen LogP) is 1.79. The second-order valence-electron chi connectivity index (χ2n) is 3.77. The molecule has 18 heavy (non-hydrogen) atoms. The maximum absolute atomic E-state index is 12.4. The van der Waals surface area contributed by atoms with E-state index in [0.29, 0.717) is 0 Å². The third-order valence-electron chi connectivity index (χ3n) is 2.31. The van der Waals surface area contributed by atoms with Crippen LogP contribution in [0.1, 0.15) is 12.5 Å². The van der Waals surface area contributed by atoms with E-state index in [0.717, 1.165) is 18.2 Å². The van der Waals surface area contributed by atoms with Gasteiger partial charge in [0.25, 0.3) is 0 Å². The van der Waals surface area contributed by atoms with Crippen molar-refractivity contribution in [2.45, 2.75) is 18.3 Å². The number of halogens is 3. The number of hydrogen-bond donors (Lipinski definition) is 2. The average Bonchev–Trinajstić information content (AvgIpc) is 2.26. The number of anilines is 1. The molecule has 0 aliphatic rings. The monoisotopic (exact) mass is 282 g/mol. The lowest BCUT2D eigenvalue weighted by molar-refractivity contribution is -0.137. The van der Waals surface area contributed by atoms with Crippen LogP contribution in [0.4, 0.5) is 18.9 Å². The highest BCUT2D eigenvalue weighted by atomic mass is 32.2. The van der Waals surface area contributed by atoms with Crippen LogP contribution in [-0.2, 0) is 16.2 Å². The number of sulfonamides is 1. The van der Waals surface area contributed by atoms with E-state index < -0.39 is 27.0 Å². The van der Waals surface area contributed by atoms with Gasteiger partial charge in [0.05, 0.1) is 10.8 Å². The van der Waals surface area contributed by atoms with Gasteiger partial charge in [0.15, 0.2) is 0 Å². The van der Waals surface area contributed by atoms with E-state index in [2.05, 4.69) is 4.72 Å². The third-order valence-corrected chi connectivity index (χ3v) is 4.08. The van der Waals surface area contributed by atoms with Crippen molar-refractivity contribution in [1.82, 2.24) is 0 Å². The SMILES string of the molecule is CC(CN)S(=O)(=O)Nc1cccc(C(F)(F)F)c1. The van der Waals surface area contributed by atoms with E-state index >= 15 is 0 Å². The maximum atomic E-state index is 12.4. The summed E-state index contributed by atoms with van der Waals surface area (Å²) >= 11 is 0.